The lowest BCUT2D eigenvalue weighted by atomic mass is 9.98. The van der Waals surface area contributed by atoms with Gasteiger partial charge in [-0.2, -0.15) is 0 Å². The second-order valence-corrected chi connectivity index (χ2v) is 5.45. The quantitative estimate of drug-likeness (QED) is 0.755. The van der Waals surface area contributed by atoms with Gasteiger partial charge in [0.2, 0.25) is 0 Å². The van der Waals surface area contributed by atoms with Gasteiger partial charge in [0, 0.05) is 12.0 Å². The molecule has 0 aromatic heterocycles. The average Bonchev–Trinajstić information content (AvgIpc) is 2.51. The molecule has 2 aromatic carbocycles. The number of hydrogen-bond acceptors (Lipinski definition) is 4. The molecule has 0 spiro atoms. The van der Waals surface area contributed by atoms with Gasteiger partial charge < -0.3 is 14.2 Å². The highest BCUT2D eigenvalue weighted by Crippen LogP contribution is 2.37. The Morgan fingerprint density at radius 3 is 2.77 bits per heavy atom. The number of carbonyl (C=O) groups excluding carboxylic acids is 1. The van der Waals surface area contributed by atoms with Crippen LogP contribution in [0.4, 0.5) is 0 Å². The minimum absolute atomic E-state index is 0.442. The van der Waals surface area contributed by atoms with Gasteiger partial charge in [-0.1, -0.05) is 35.9 Å². The van der Waals surface area contributed by atoms with Crippen LogP contribution in [0.15, 0.2) is 36.4 Å². The standard InChI is InChI=1S/C17H15ClO4/c1-10-7-8-13(18)15-12(10)9-11-5-3-4-6-14(11)21-17(22-15)16(19)20-2/h3-8,17H,9H2,1-2H3. The lowest BCUT2D eigenvalue weighted by Gasteiger charge is -2.25. The van der Waals surface area contributed by atoms with Gasteiger partial charge in [0.15, 0.2) is 0 Å². The minimum atomic E-state index is -1.19. The summed E-state index contributed by atoms with van der Waals surface area (Å²) in [4.78, 5) is 11.9. The number of fused-ring (bicyclic) bond motifs is 2. The van der Waals surface area contributed by atoms with Crippen molar-refractivity contribution in [2.24, 2.45) is 0 Å². The van der Waals surface area contributed by atoms with Gasteiger partial charge in [-0.05, 0) is 30.2 Å². The molecule has 1 heterocycles. The molecule has 1 atom stereocenters. The predicted molar refractivity (Wildman–Crippen MR) is 82.5 cm³/mol. The zero-order valence-electron chi connectivity index (χ0n) is 12.3. The van der Waals surface area contributed by atoms with Crippen LogP contribution in [0.3, 0.4) is 0 Å². The van der Waals surface area contributed by atoms with Gasteiger partial charge in [-0.15, -0.1) is 0 Å². The molecular formula is C17H15ClO4. The molecule has 1 unspecified atom stereocenters. The molecule has 0 N–H and O–H groups in total. The summed E-state index contributed by atoms with van der Waals surface area (Å²) in [6.45, 7) is 1.98. The van der Waals surface area contributed by atoms with E-state index in [-0.39, 0.29) is 0 Å². The van der Waals surface area contributed by atoms with Crippen molar-refractivity contribution in [3.63, 3.8) is 0 Å². The highest BCUT2D eigenvalue weighted by molar-refractivity contribution is 6.32. The van der Waals surface area contributed by atoms with Crippen molar-refractivity contribution in [1.29, 1.82) is 0 Å². The molecule has 2 aromatic rings. The first-order chi connectivity index (χ1) is 10.6. The van der Waals surface area contributed by atoms with Gasteiger partial charge in [0.25, 0.3) is 0 Å². The van der Waals surface area contributed by atoms with Crippen molar-refractivity contribution in [1.82, 2.24) is 0 Å². The van der Waals surface area contributed by atoms with E-state index in [2.05, 4.69) is 0 Å². The summed E-state index contributed by atoms with van der Waals surface area (Å²) >= 11 is 6.25. The zero-order chi connectivity index (χ0) is 15.7. The Labute approximate surface area is 133 Å². The maximum Gasteiger partial charge on any atom is 0.389 e. The van der Waals surface area contributed by atoms with Crippen molar-refractivity contribution >= 4 is 17.6 Å². The largest absolute Gasteiger partial charge is 0.463 e. The van der Waals surface area contributed by atoms with Crippen LogP contribution < -0.4 is 9.47 Å². The number of para-hydroxylation sites is 1. The Morgan fingerprint density at radius 2 is 2.00 bits per heavy atom. The van der Waals surface area contributed by atoms with E-state index in [0.717, 1.165) is 16.7 Å². The van der Waals surface area contributed by atoms with Crippen molar-refractivity contribution in [3.05, 3.63) is 58.1 Å². The molecule has 5 heteroatoms. The van der Waals surface area contributed by atoms with Gasteiger partial charge in [-0.25, -0.2) is 4.79 Å². The van der Waals surface area contributed by atoms with Crippen LogP contribution in [0.5, 0.6) is 11.5 Å². The Kier molecular flexibility index (Phi) is 3.94. The fraction of sp³-hybridized carbons (Fsp3) is 0.235. The van der Waals surface area contributed by atoms with Crippen LogP contribution in [-0.4, -0.2) is 19.4 Å². The number of benzene rings is 2. The molecule has 0 amide bonds. The topological polar surface area (TPSA) is 44.8 Å². The zero-order valence-corrected chi connectivity index (χ0v) is 13.0. The van der Waals surface area contributed by atoms with Gasteiger partial charge in [-0.3, -0.25) is 0 Å². The summed E-state index contributed by atoms with van der Waals surface area (Å²) in [7, 11) is 1.29. The van der Waals surface area contributed by atoms with Crippen molar-refractivity contribution < 1.29 is 19.0 Å². The third kappa shape index (κ3) is 2.62. The maximum atomic E-state index is 11.9. The van der Waals surface area contributed by atoms with Crippen LogP contribution >= 0.6 is 11.6 Å². The number of aryl methyl sites for hydroxylation is 1. The normalized spacial score (nSPS) is 16.2. The van der Waals surface area contributed by atoms with Crippen molar-refractivity contribution in [3.8, 4) is 11.5 Å². The third-order valence-corrected chi connectivity index (χ3v) is 3.94. The average molecular weight is 319 g/mol. The molecule has 1 aliphatic rings. The number of esters is 1. The molecule has 0 saturated carbocycles. The predicted octanol–water partition coefficient (Wildman–Crippen LogP) is 3.51. The number of ether oxygens (including phenoxy) is 3. The summed E-state index contributed by atoms with van der Waals surface area (Å²) in [5.74, 6) is 0.453. The minimum Gasteiger partial charge on any atom is -0.463 e. The maximum absolute atomic E-state index is 11.9. The molecule has 0 fully saturated rings. The lowest BCUT2D eigenvalue weighted by Crippen LogP contribution is -2.35. The first-order valence-corrected chi connectivity index (χ1v) is 7.25. The van der Waals surface area contributed by atoms with E-state index in [1.807, 2.05) is 31.2 Å². The van der Waals surface area contributed by atoms with E-state index < -0.39 is 12.3 Å². The van der Waals surface area contributed by atoms with Crippen molar-refractivity contribution in [2.75, 3.05) is 7.11 Å². The van der Waals surface area contributed by atoms with E-state index in [9.17, 15) is 4.79 Å². The summed E-state index contributed by atoms with van der Waals surface area (Å²) in [5, 5.41) is 0.442. The first kappa shape index (κ1) is 14.7. The second-order valence-electron chi connectivity index (χ2n) is 5.05. The third-order valence-electron chi connectivity index (χ3n) is 3.64. The number of carbonyl (C=O) groups is 1. The van der Waals surface area contributed by atoms with Crippen molar-refractivity contribution in [2.45, 2.75) is 19.6 Å². The number of hydrogen-bond donors (Lipinski definition) is 0. The molecular weight excluding hydrogens is 304 g/mol. The highest BCUT2D eigenvalue weighted by Gasteiger charge is 2.29. The fourth-order valence-electron chi connectivity index (χ4n) is 2.44. The van der Waals surface area contributed by atoms with Crippen LogP contribution in [0.1, 0.15) is 16.7 Å². The summed E-state index contributed by atoms with van der Waals surface area (Å²) in [6, 6.07) is 11.2. The summed E-state index contributed by atoms with van der Waals surface area (Å²) < 4.78 is 16.2. The molecule has 0 saturated heterocycles. The molecule has 1 aliphatic heterocycles. The van der Waals surface area contributed by atoms with E-state index in [0.29, 0.717) is 22.9 Å². The Morgan fingerprint density at radius 1 is 1.23 bits per heavy atom. The molecule has 22 heavy (non-hydrogen) atoms. The molecule has 114 valence electrons. The summed E-state index contributed by atoms with van der Waals surface area (Å²) in [6.07, 6.45) is -0.573. The lowest BCUT2D eigenvalue weighted by molar-refractivity contribution is -0.162. The molecule has 0 radical (unpaired) electrons. The molecule has 0 bridgehead atoms. The Hall–Kier alpha value is -2.20. The molecule has 4 nitrogen and oxygen atoms in total. The van der Waals surface area contributed by atoms with Crippen LogP contribution in [0, 0.1) is 6.92 Å². The van der Waals surface area contributed by atoms with E-state index in [1.165, 1.54) is 7.11 Å². The van der Waals surface area contributed by atoms with E-state index in [1.54, 1.807) is 12.1 Å². The molecule has 0 aliphatic carbocycles. The number of halogens is 1. The Balaban J connectivity index is 2.16. The highest BCUT2D eigenvalue weighted by atomic mass is 35.5. The summed E-state index contributed by atoms with van der Waals surface area (Å²) in [5.41, 5.74) is 2.95. The number of rotatable bonds is 1. The first-order valence-electron chi connectivity index (χ1n) is 6.87. The SMILES string of the molecule is COC(=O)C1Oc2ccccc2Cc2c(C)ccc(Cl)c2O1. The van der Waals surface area contributed by atoms with E-state index in [4.69, 9.17) is 25.8 Å². The van der Waals surface area contributed by atoms with Crippen LogP contribution in [0.2, 0.25) is 5.02 Å². The van der Waals surface area contributed by atoms with E-state index >= 15 is 0 Å². The second kappa shape index (κ2) is 5.89. The fourth-order valence-corrected chi connectivity index (χ4v) is 2.66. The van der Waals surface area contributed by atoms with Crippen LogP contribution in [0.25, 0.3) is 0 Å². The van der Waals surface area contributed by atoms with Gasteiger partial charge in [0.1, 0.15) is 11.5 Å². The monoisotopic (exact) mass is 318 g/mol. The number of methoxy groups -OCH3 is 1. The van der Waals surface area contributed by atoms with Gasteiger partial charge in [0.05, 0.1) is 12.1 Å². The Bertz CT molecular complexity index is 727. The molecule has 3 rings (SSSR count). The van der Waals surface area contributed by atoms with Crippen LogP contribution in [-0.2, 0) is 16.0 Å². The van der Waals surface area contributed by atoms with Gasteiger partial charge >= 0.3 is 12.3 Å². The smallest absolute Gasteiger partial charge is 0.389 e.